The molecule has 3 N–H and O–H groups in total. The second-order valence-corrected chi connectivity index (χ2v) is 6.97. The average Bonchev–Trinajstić information content (AvgIpc) is 3.39. The van der Waals surface area contributed by atoms with Crippen molar-refractivity contribution in [1.29, 1.82) is 0 Å². The molecule has 0 aliphatic rings. The number of aromatic nitrogens is 3. The van der Waals surface area contributed by atoms with E-state index >= 15 is 0 Å². The first-order valence-electron chi connectivity index (χ1n) is 8.49. The molecule has 0 saturated heterocycles. The fraction of sp³-hybridized carbons (Fsp3) is 0. The normalized spacial score (nSPS) is 10.7. The van der Waals surface area contributed by atoms with E-state index in [4.69, 9.17) is 5.73 Å². The highest BCUT2D eigenvalue weighted by molar-refractivity contribution is 7.13. The van der Waals surface area contributed by atoms with Crippen LogP contribution in [0.4, 0.5) is 10.1 Å². The minimum atomic E-state index is -0.553. The maximum atomic E-state index is 13.3. The number of carbonyl (C=O) groups is 2. The molecule has 0 radical (unpaired) electrons. The van der Waals surface area contributed by atoms with E-state index in [-0.39, 0.29) is 11.6 Å². The number of halogens is 1. The maximum absolute atomic E-state index is 13.3. The predicted molar refractivity (Wildman–Crippen MR) is 108 cm³/mol. The topological polar surface area (TPSA) is 103 Å². The summed E-state index contributed by atoms with van der Waals surface area (Å²) in [5.74, 6) is -1.01. The van der Waals surface area contributed by atoms with Gasteiger partial charge in [0.1, 0.15) is 5.82 Å². The van der Waals surface area contributed by atoms with Gasteiger partial charge in [0.25, 0.3) is 5.91 Å². The van der Waals surface area contributed by atoms with Gasteiger partial charge in [-0.1, -0.05) is 6.07 Å². The van der Waals surface area contributed by atoms with Crippen LogP contribution in [0.1, 0.15) is 21.0 Å². The van der Waals surface area contributed by atoms with Gasteiger partial charge in [-0.2, -0.15) is 0 Å². The Hall–Kier alpha value is -3.85. The van der Waals surface area contributed by atoms with Gasteiger partial charge in [-0.05, 0) is 60.0 Å². The van der Waals surface area contributed by atoms with Crippen molar-refractivity contribution in [3.8, 4) is 16.4 Å². The van der Waals surface area contributed by atoms with Gasteiger partial charge in [-0.25, -0.2) is 14.1 Å². The molecule has 0 aliphatic heterocycles. The number of carbonyl (C=O) groups excluding carboxylic acids is 2. The molecule has 2 aromatic carbocycles. The number of hydrogen-bond donors (Lipinski definition) is 2. The summed E-state index contributed by atoms with van der Waals surface area (Å²) in [6.07, 6.45) is 0. The van der Waals surface area contributed by atoms with E-state index in [2.05, 4.69) is 15.4 Å². The van der Waals surface area contributed by atoms with Crippen LogP contribution in [0, 0.1) is 5.82 Å². The van der Waals surface area contributed by atoms with E-state index in [0.29, 0.717) is 22.8 Å². The molecule has 7 nitrogen and oxygen atoms in total. The Morgan fingerprint density at radius 1 is 1.03 bits per heavy atom. The van der Waals surface area contributed by atoms with Gasteiger partial charge in [-0.3, -0.25) is 9.59 Å². The van der Waals surface area contributed by atoms with Crippen molar-refractivity contribution in [2.75, 3.05) is 5.32 Å². The summed E-state index contributed by atoms with van der Waals surface area (Å²) in [5.41, 5.74) is 6.59. The largest absolute Gasteiger partial charge is 0.366 e. The highest BCUT2D eigenvalue weighted by Crippen LogP contribution is 2.26. The number of thiophene rings is 1. The molecule has 144 valence electrons. The molecular weight excluding hydrogens is 393 g/mol. The lowest BCUT2D eigenvalue weighted by Crippen LogP contribution is -2.15. The van der Waals surface area contributed by atoms with Crippen LogP contribution >= 0.6 is 11.3 Å². The van der Waals surface area contributed by atoms with Crippen LogP contribution in [0.25, 0.3) is 16.4 Å². The first-order valence-corrected chi connectivity index (χ1v) is 9.37. The highest BCUT2D eigenvalue weighted by atomic mass is 32.1. The van der Waals surface area contributed by atoms with Crippen LogP contribution < -0.4 is 11.1 Å². The van der Waals surface area contributed by atoms with E-state index in [0.717, 1.165) is 4.88 Å². The van der Waals surface area contributed by atoms with E-state index in [1.165, 1.54) is 40.3 Å². The molecule has 0 unspecified atom stereocenters. The molecule has 0 saturated carbocycles. The lowest BCUT2D eigenvalue weighted by Gasteiger charge is -2.04. The smallest absolute Gasteiger partial charge is 0.295 e. The number of hydrogen-bond acceptors (Lipinski definition) is 5. The zero-order valence-electron chi connectivity index (χ0n) is 14.9. The molecule has 0 aliphatic carbocycles. The maximum Gasteiger partial charge on any atom is 0.295 e. The number of benzene rings is 2. The second kappa shape index (κ2) is 7.64. The van der Waals surface area contributed by atoms with Crippen LogP contribution in [0.2, 0.25) is 0 Å². The van der Waals surface area contributed by atoms with E-state index in [9.17, 15) is 14.0 Å². The summed E-state index contributed by atoms with van der Waals surface area (Å²) >= 11 is 1.45. The summed E-state index contributed by atoms with van der Waals surface area (Å²) in [5, 5.41) is 8.88. The van der Waals surface area contributed by atoms with E-state index < -0.39 is 11.8 Å². The Kier molecular flexibility index (Phi) is 4.88. The monoisotopic (exact) mass is 407 g/mol. The summed E-state index contributed by atoms with van der Waals surface area (Å²) in [6.45, 7) is 0. The Morgan fingerprint density at radius 3 is 2.38 bits per heavy atom. The number of nitrogens with zero attached hydrogens (tertiary/aromatic N) is 3. The highest BCUT2D eigenvalue weighted by Gasteiger charge is 2.19. The number of anilines is 1. The molecule has 4 rings (SSSR count). The Bertz CT molecular complexity index is 1170. The van der Waals surface area contributed by atoms with Gasteiger partial charge in [-0.15, -0.1) is 16.4 Å². The number of nitrogens with two attached hydrogens (primary N) is 1. The van der Waals surface area contributed by atoms with Crippen molar-refractivity contribution >= 4 is 28.8 Å². The van der Waals surface area contributed by atoms with Gasteiger partial charge in [0, 0.05) is 11.3 Å². The van der Waals surface area contributed by atoms with Crippen molar-refractivity contribution in [1.82, 2.24) is 14.8 Å². The van der Waals surface area contributed by atoms with Gasteiger partial charge in [0.2, 0.25) is 11.7 Å². The lowest BCUT2D eigenvalue weighted by molar-refractivity contribution is 0.0997. The van der Waals surface area contributed by atoms with Crippen LogP contribution in [-0.4, -0.2) is 26.6 Å². The van der Waals surface area contributed by atoms with Gasteiger partial charge >= 0.3 is 0 Å². The predicted octanol–water partition coefficient (Wildman–Crippen LogP) is 3.49. The zero-order chi connectivity index (χ0) is 20.4. The Labute approximate surface area is 168 Å². The summed E-state index contributed by atoms with van der Waals surface area (Å²) in [7, 11) is 0. The quantitative estimate of drug-likeness (QED) is 0.529. The second-order valence-electron chi connectivity index (χ2n) is 6.02. The molecule has 0 spiro atoms. The number of rotatable bonds is 5. The van der Waals surface area contributed by atoms with Crippen molar-refractivity contribution < 1.29 is 14.0 Å². The molecular formula is C20H14FN5O2S. The Balaban J connectivity index is 1.67. The molecule has 4 aromatic rings. The first-order chi connectivity index (χ1) is 14.0. The lowest BCUT2D eigenvalue weighted by atomic mass is 10.2. The average molecular weight is 407 g/mol. The molecule has 2 amide bonds. The fourth-order valence-corrected chi connectivity index (χ4v) is 3.34. The van der Waals surface area contributed by atoms with Crippen molar-refractivity contribution in [3.05, 3.63) is 83.2 Å². The SMILES string of the molecule is NC(=O)c1ccc(NC(=O)c2nc(-c3cccs3)n(-c3ccc(F)cc3)n2)cc1. The molecule has 2 aromatic heterocycles. The first kappa shape index (κ1) is 18.5. The van der Waals surface area contributed by atoms with Gasteiger partial charge in [0.15, 0.2) is 5.82 Å². The minimum Gasteiger partial charge on any atom is -0.366 e. The molecule has 29 heavy (non-hydrogen) atoms. The third kappa shape index (κ3) is 3.90. The van der Waals surface area contributed by atoms with Crippen molar-refractivity contribution in [2.45, 2.75) is 0 Å². The van der Waals surface area contributed by atoms with Crippen LogP contribution in [-0.2, 0) is 0 Å². The molecule has 9 heteroatoms. The number of primary amides is 1. The third-order valence-electron chi connectivity index (χ3n) is 4.05. The number of nitrogens with one attached hydrogen (secondary N) is 1. The third-order valence-corrected chi connectivity index (χ3v) is 4.92. The van der Waals surface area contributed by atoms with Crippen LogP contribution in [0.15, 0.2) is 66.0 Å². The molecule has 0 atom stereocenters. The summed E-state index contributed by atoms with van der Waals surface area (Å²) in [6, 6.07) is 15.6. The van der Waals surface area contributed by atoms with E-state index in [1.807, 2.05) is 17.5 Å². The van der Waals surface area contributed by atoms with Gasteiger partial charge < -0.3 is 11.1 Å². The standard InChI is InChI=1S/C20H14FN5O2S/c21-13-5-9-15(10-6-13)26-19(16-2-1-11-29-16)24-18(25-26)20(28)23-14-7-3-12(4-8-14)17(22)27/h1-11H,(H2,22,27)(H,23,28). The van der Waals surface area contributed by atoms with Gasteiger partial charge in [0.05, 0.1) is 10.6 Å². The van der Waals surface area contributed by atoms with Crippen LogP contribution in [0.3, 0.4) is 0 Å². The summed E-state index contributed by atoms with van der Waals surface area (Å²) in [4.78, 5) is 29.0. The van der Waals surface area contributed by atoms with Crippen molar-refractivity contribution in [2.24, 2.45) is 5.73 Å². The molecule has 2 heterocycles. The number of amides is 2. The van der Waals surface area contributed by atoms with Crippen molar-refractivity contribution in [3.63, 3.8) is 0 Å². The fourth-order valence-electron chi connectivity index (χ4n) is 2.64. The Morgan fingerprint density at radius 2 is 1.76 bits per heavy atom. The summed E-state index contributed by atoms with van der Waals surface area (Å²) < 4.78 is 14.8. The van der Waals surface area contributed by atoms with Crippen LogP contribution in [0.5, 0.6) is 0 Å². The minimum absolute atomic E-state index is 0.0447. The zero-order valence-corrected chi connectivity index (χ0v) is 15.7. The van der Waals surface area contributed by atoms with E-state index in [1.54, 1.807) is 24.3 Å². The molecule has 0 bridgehead atoms. The molecule has 0 fully saturated rings.